The first-order valence-corrected chi connectivity index (χ1v) is 13.9. The topological polar surface area (TPSA) is 130 Å². The van der Waals surface area contributed by atoms with Crippen LogP contribution >= 0.6 is 0 Å². The number of halogens is 1. The second-order valence-electron chi connectivity index (χ2n) is 9.25. The molecule has 6 rings (SSSR count). The van der Waals surface area contributed by atoms with Crippen LogP contribution < -0.4 is 0 Å². The largest absolute Gasteiger partial charge is 0.336 e. The third kappa shape index (κ3) is 4.52. The highest BCUT2D eigenvalue weighted by Gasteiger charge is 2.18. The van der Waals surface area contributed by atoms with E-state index in [1.807, 2.05) is 19.1 Å². The van der Waals surface area contributed by atoms with Crippen molar-refractivity contribution in [2.75, 3.05) is 12.0 Å². The van der Waals surface area contributed by atoms with Crippen molar-refractivity contribution in [1.29, 1.82) is 0 Å². The quantitative estimate of drug-likeness (QED) is 0.322. The summed E-state index contributed by atoms with van der Waals surface area (Å²) in [5.41, 5.74) is 6.95. The van der Waals surface area contributed by atoms with Crippen molar-refractivity contribution in [3.8, 4) is 34.0 Å². The average molecular weight is 528 g/mol. The zero-order chi connectivity index (χ0) is 26.4. The smallest absolute Gasteiger partial charge is 0.159 e. The standard InChI is InChI=1S/C27H22FN7O2S/c1-15-3-6-29-13-20(15)22-12-19-23(14-31-22)34-35-25(19)27-32-21-4-7-30-24(26(21)33-27)17-9-16(10-18(28)11-17)5-8-38(2,36)37/h3-4,6-7,9-14H,5,8H2,1-2H3,(H,32,33)(H,34,35). The number of nitrogens with one attached hydrogen (secondary N) is 2. The summed E-state index contributed by atoms with van der Waals surface area (Å²) in [6, 6.07) is 10.1. The lowest BCUT2D eigenvalue weighted by molar-refractivity contribution is 0.600. The molecule has 0 fully saturated rings. The van der Waals surface area contributed by atoms with E-state index in [0.29, 0.717) is 39.4 Å². The zero-order valence-electron chi connectivity index (χ0n) is 20.5. The number of pyridine rings is 3. The van der Waals surface area contributed by atoms with Gasteiger partial charge < -0.3 is 4.98 Å². The molecule has 1 aromatic carbocycles. The fourth-order valence-corrected chi connectivity index (χ4v) is 5.08. The van der Waals surface area contributed by atoms with Gasteiger partial charge in [-0.2, -0.15) is 5.10 Å². The SMILES string of the molecule is Cc1ccncc1-c1cc2c(-c3nc4c(-c5cc(F)cc(CCS(C)(=O)=O)c5)nccc4[nH]3)n[nH]c2cn1. The van der Waals surface area contributed by atoms with E-state index in [-0.39, 0.29) is 12.2 Å². The zero-order valence-corrected chi connectivity index (χ0v) is 21.3. The van der Waals surface area contributed by atoms with Crippen molar-refractivity contribution < 1.29 is 12.8 Å². The molecule has 190 valence electrons. The molecule has 0 bridgehead atoms. The summed E-state index contributed by atoms with van der Waals surface area (Å²) in [7, 11) is -3.18. The minimum absolute atomic E-state index is 0.0677. The molecule has 2 N–H and O–H groups in total. The van der Waals surface area contributed by atoms with Crippen LogP contribution in [0, 0.1) is 12.7 Å². The van der Waals surface area contributed by atoms with Crippen LogP contribution in [0.5, 0.6) is 0 Å². The first-order valence-electron chi connectivity index (χ1n) is 11.8. The summed E-state index contributed by atoms with van der Waals surface area (Å²) < 4.78 is 37.7. The number of fused-ring (bicyclic) bond motifs is 2. The van der Waals surface area contributed by atoms with Crippen LogP contribution in [0.1, 0.15) is 11.1 Å². The molecule has 0 saturated heterocycles. The monoisotopic (exact) mass is 527 g/mol. The van der Waals surface area contributed by atoms with Crippen LogP contribution in [-0.4, -0.2) is 55.5 Å². The van der Waals surface area contributed by atoms with Crippen LogP contribution in [0.25, 0.3) is 56.0 Å². The van der Waals surface area contributed by atoms with Crippen LogP contribution in [-0.2, 0) is 16.3 Å². The van der Waals surface area contributed by atoms with Crippen LogP contribution in [0.15, 0.2) is 61.2 Å². The van der Waals surface area contributed by atoms with E-state index in [0.717, 1.165) is 34.0 Å². The van der Waals surface area contributed by atoms with E-state index in [1.54, 1.807) is 36.9 Å². The molecule has 0 aliphatic carbocycles. The Morgan fingerprint density at radius 3 is 2.66 bits per heavy atom. The summed E-state index contributed by atoms with van der Waals surface area (Å²) in [5.74, 6) is -0.0133. The molecule has 0 radical (unpaired) electrons. The Hall–Kier alpha value is -4.51. The van der Waals surface area contributed by atoms with Crippen molar-refractivity contribution in [2.45, 2.75) is 13.3 Å². The second kappa shape index (κ2) is 9.10. The highest BCUT2D eigenvalue weighted by molar-refractivity contribution is 7.90. The van der Waals surface area contributed by atoms with Gasteiger partial charge in [-0.05, 0) is 60.9 Å². The first-order chi connectivity index (χ1) is 18.2. The Morgan fingerprint density at radius 1 is 0.974 bits per heavy atom. The van der Waals surface area contributed by atoms with Crippen LogP contribution in [0.3, 0.4) is 0 Å². The maximum atomic E-state index is 14.5. The molecule has 0 aliphatic rings. The van der Waals surface area contributed by atoms with Crippen molar-refractivity contribution in [1.82, 2.24) is 35.1 Å². The predicted octanol–water partition coefficient (Wildman–Crippen LogP) is 4.66. The van der Waals surface area contributed by atoms with Crippen LogP contribution in [0.4, 0.5) is 4.39 Å². The van der Waals surface area contributed by atoms with Gasteiger partial charge in [0, 0.05) is 41.4 Å². The van der Waals surface area contributed by atoms with E-state index >= 15 is 0 Å². The number of H-pyrrole nitrogens is 2. The fourth-order valence-electron chi connectivity index (χ4n) is 4.47. The Kier molecular flexibility index (Phi) is 5.72. The maximum Gasteiger partial charge on any atom is 0.159 e. The second-order valence-corrected chi connectivity index (χ2v) is 11.5. The van der Waals surface area contributed by atoms with Crippen molar-refractivity contribution in [2.24, 2.45) is 0 Å². The molecule has 0 unspecified atom stereocenters. The van der Waals surface area contributed by atoms with E-state index in [1.165, 1.54) is 12.1 Å². The summed E-state index contributed by atoms with van der Waals surface area (Å²) in [6.45, 7) is 2.01. The number of aromatic nitrogens is 7. The van der Waals surface area contributed by atoms with Crippen molar-refractivity contribution >= 4 is 31.8 Å². The van der Waals surface area contributed by atoms with Gasteiger partial charge in [0.2, 0.25) is 0 Å². The van der Waals surface area contributed by atoms with Gasteiger partial charge in [-0.3, -0.25) is 20.1 Å². The molecule has 0 saturated carbocycles. The van der Waals surface area contributed by atoms with Gasteiger partial charge in [0.1, 0.15) is 26.9 Å². The van der Waals surface area contributed by atoms with E-state index in [4.69, 9.17) is 4.98 Å². The Bertz CT molecular complexity index is 1950. The molecule has 5 heterocycles. The molecular formula is C27H22FN7O2S. The number of aryl methyl sites for hydroxylation is 2. The number of nitrogens with zero attached hydrogens (tertiary/aromatic N) is 5. The molecule has 9 nitrogen and oxygen atoms in total. The summed E-state index contributed by atoms with van der Waals surface area (Å²) in [4.78, 5) is 21.4. The molecule has 0 atom stereocenters. The number of aromatic amines is 2. The Balaban J connectivity index is 1.44. The number of hydrogen-bond donors (Lipinski definition) is 2. The lowest BCUT2D eigenvalue weighted by Crippen LogP contribution is -2.06. The van der Waals surface area contributed by atoms with Gasteiger partial charge in [0.25, 0.3) is 0 Å². The maximum absolute atomic E-state index is 14.5. The summed E-state index contributed by atoms with van der Waals surface area (Å²) in [6.07, 6.45) is 8.25. The van der Waals surface area contributed by atoms with Gasteiger partial charge in [0.15, 0.2) is 5.82 Å². The highest BCUT2D eigenvalue weighted by Crippen LogP contribution is 2.32. The lowest BCUT2D eigenvalue weighted by Gasteiger charge is -2.06. The third-order valence-corrected chi connectivity index (χ3v) is 7.33. The highest BCUT2D eigenvalue weighted by atomic mass is 32.2. The van der Waals surface area contributed by atoms with E-state index in [9.17, 15) is 12.8 Å². The molecule has 0 aliphatic heterocycles. The first kappa shape index (κ1) is 23.9. The number of imidazole rings is 1. The van der Waals surface area contributed by atoms with E-state index in [2.05, 4.69) is 30.1 Å². The molecule has 11 heteroatoms. The molecule has 6 aromatic rings. The van der Waals surface area contributed by atoms with Crippen LogP contribution in [0.2, 0.25) is 0 Å². The predicted molar refractivity (Wildman–Crippen MR) is 144 cm³/mol. The summed E-state index contributed by atoms with van der Waals surface area (Å²) in [5, 5.41) is 8.33. The molecule has 5 aromatic heterocycles. The molecule has 0 spiro atoms. The number of hydrogen-bond acceptors (Lipinski definition) is 7. The van der Waals surface area contributed by atoms with Crippen molar-refractivity contribution in [3.63, 3.8) is 0 Å². The van der Waals surface area contributed by atoms with Crippen molar-refractivity contribution in [3.05, 3.63) is 78.1 Å². The molecule has 38 heavy (non-hydrogen) atoms. The van der Waals surface area contributed by atoms with Gasteiger partial charge in [-0.1, -0.05) is 0 Å². The molecular weight excluding hydrogens is 505 g/mol. The summed E-state index contributed by atoms with van der Waals surface area (Å²) >= 11 is 0. The lowest BCUT2D eigenvalue weighted by atomic mass is 10.0. The third-order valence-electron chi connectivity index (χ3n) is 6.38. The fraction of sp³-hybridized carbons (Fsp3) is 0.148. The van der Waals surface area contributed by atoms with Gasteiger partial charge in [-0.15, -0.1) is 0 Å². The number of benzene rings is 1. The van der Waals surface area contributed by atoms with Gasteiger partial charge in [-0.25, -0.2) is 17.8 Å². The Morgan fingerprint density at radius 2 is 1.84 bits per heavy atom. The van der Waals surface area contributed by atoms with E-state index < -0.39 is 15.7 Å². The Labute approximate surface area is 217 Å². The molecule has 0 amide bonds. The van der Waals surface area contributed by atoms with Gasteiger partial charge >= 0.3 is 0 Å². The minimum Gasteiger partial charge on any atom is -0.336 e. The number of rotatable bonds is 6. The van der Waals surface area contributed by atoms with Gasteiger partial charge in [0.05, 0.1) is 34.4 Å². The average Bonchev–Trinajstić information content (AvgIpc) is 3.50. The minimum atomic E-state index is -3.18. The number of sulfone groups is 1. The normalized spacial score (nSPS) is 12.0.